The molecule has 3 rings (SSSR count). The van der Waals surface area contributed by atoms with Gasteiger partial charge in [0.2, 0.25) is 0 Å². The SMILES string of the molecule is CCC1CN(C(=NC)NCc2cccc(Cn3cccn3)c2)CCS1.I. The molecule has 0 radical (unpaired) electrons. The average molecular weight is 485 g/mol. The van der Waals surface area contributed by atoms with E-state index in [1.807, 2.05) is 30.2 Å². The molecule has 1 fully saturated rings. The summed E-state index contributed by atoms with van der Waals surface area (Å²) in [6.45, 7) is 6.01. The lowest BCUT2D eigenvalue weighted by Crippen LogP contribution is -2.47. The van der Waals surface area contributed by atoms with Crippen LogP contribution in [0.2, 0.25) is 0 Å². The number of rotatable bonds is 5. The van der Waals surface area contributed by atoms with Crippen LogP contribution in [0.15, 0.2) is 47.7 Å². The van der Waals surface area contributed by atoms with E-state index in [1.165, 1.54) is 23.3 Å². The lowest BCUT2D eigenvalue weighted by atomic mass is 10.1. The number of hydrogen-bond donors (Lipinski definition) is 1. The number of guanidine groups is 1. The standard InChI is InChI=1S/C19H27N5S.HI/c1-3-18-15-23(10-11-25-18)19(20-2)21-13-16-6-4-7-17(12-16)14-24-9-5-8-22-24;/h4-9,12,18H,3,10-11,13-15H2,1-2H3,(H,20,21);1H. The van der Waals surface area contributed by atoms with Crippen LogP contribution in [0.25, 0.3) is 0 Å². The lowest BCUT2D eigenvalue weighted by molar-refractivity contribution is 0.408. The van der Waals surface area contributed by atoms with Gasteiger partial charge >= 0.3 is 0 Å². The van der Waals surface area contributed by atoms with Gasteiger partial charge in [-0.05, 0) is 23.6 Å². The Morgan fingerprint density at radius 1 is 1.35 bits per heavy atom. The van der Waals surface area contributed by atoms with Crippen molar-refractivity contribution >= 4 is 41.7 Å². The Kier molecular flexibility index (Phi) is 8.77. The Bertz CT molecular complexity index is 689. The van der Waals surface area contributed by atoms with E-state index >= 15 is 0 Å². The predicted octanol–water partition coefficient (Wildman–Crippen LogP) is 3.45. The van der Waals surface area contributed by atoms with Crippen LogP contribution in [0, 0.1) is 0 Å². The minimum absolute atomic E-state index is 0. The normalized spacial score (nSPS) is 17.7. The second-order valence-electron chi connectivity index (χ2n) is 6.27. The van der Waals surface area contributed by atoms with Gasteiger partial charge in [0, 0.05) is 50.1 Å². The summed E-state index contributed by atoms with van der Waals surface area (Å²) in [5, 5.41) is 8.52. The highest BCUT2D eigenvalue weighted by atomic mass is 127. The molecule has 1 unspecified atom stereocenters. The van der Waals surface area contributed by atoms with Gasteiger partial charge in [-0.2, -0.15) is 16.9 Å². The predicted molar refractivity (Wildman–Crippen MR) is 121 cm³/mol. The molecule has 2 aromatic rings. The molecule has 1 aromatic heterocycles. The van der Waals surface area contributed by atoms with Gasteiger partial charge in [-0.25, -0.2) is 0 Å². The summed E-state index contributed by atoms with van der Waals surface area (Å²) in [5.41, 5.74) is 2.53. The molecule has 2 heterocycles. The summed E-state index contributed by atoms with van der Waals surface area (Å²) in [6.07, 6.45) is 5.02. The molecule has 1 saturated heterocycles. The number of aliphatic imine (C=N–C) groups is 1. The lowest BCUT2D eigenvalue weighted by Gasteiger charge is -2.34. The Balaban J connectivity index is 0.00000243. The van der Waals surface area contributed by atoms with Crippen molar-refractivity contribution in [2.24, 2.45) is 4.99 Å². The molecule has 0 saturated carbocycles. The van der Waals surface area contributed by atoms with Crippen LogP contribution in [0.3, 0.4) is 0 Å². The Labute approximate surface area is 177 Å². The maximum Gasteiger partial charge on any atom is 0.193 e. The molecule has 1 aliphatic heterocycles. The zero-order chi connectivity index (χ0) is 17.5. The van der Waals surface area contributed by atoms with E-state index in [0.29, 0.717) is 5.25 Å². The summed E-state index contributed by atoms with van der Waals surface area (Å²) in [4.78, 5) is 6.87. The largest absolute Gasteiger partial charge is 0.352 e. The Hall–Kier alpha value is -1.22. The van der Waals surface area contributed by atoms with Gasteiger partial charge in [-0.3, -0.25) is 9.67 Å². The van der Waals surface area contributed by atoms with Gasteiger partial charge in [-0.15, -0.1) is 24.0 Å². The van der Waals surface area contributed by atoms with Crippen molar-refractivity contribution in [2.45, 2.75) is 31.7 Å². The molecule has 7 heteroatoms. The summed E-state index contributed by atoms with van der Waals surface area (Å²) < 4.78 is 1.95. The van der Waals surface area contributed by atoms with Crippen LogP contribution >= 0.6 is 35.7 Å². The molecule has 1 N–H and O–H groups in total. The first-order chi connectivity index (χ1) is 12.3. The maximum atomic E-state index is 4.49. The second-order valence-corrected chi connectivity index (χ2v) is 7.68. The molecule has 26 heavy (non-hydrogen) atoms. The topological polar surface area (TPSA) is 45.5 Å². The van der Waals surface area contributed by atoms with Gasteiger partial charge in [0.15, 0.2) is 5.96 Å². The highest BCUT2D eigenvalue weighted by molar-refractivity contribution is 14.0. The molecule has 0 bridgehead atoms. The summed E-state index contributed by atoms with van der Waals surface area (Å²) in [7, 11) is 1.87. The van der Waals surface area contributed by atoms with Gasteiger partial charge < -0.3 is 10.2 Å². The first-order valence-corrected chi connectivity index (χ1v) is 9.95. The van der Waals surface area contributed by atoms with Gasteiger partial charge in [0.05, 0.1) is 6.54 Å². The van der Waals surface area contributed by atoms with E-state index in [4.69, 9.17) is 0 Å². The second kappa shape index (κ2) is 10.8. The van der Waals surface area contributed by atoms with E-state index in [2.05, 4.69) is 63.3 Å². The van der Waals surface area contributed by atoms with E-state index in [1.54, 1.807) is 0 Å². The quantitative estimate of drug-likeness (QED) is 0.401. The molecular formula is C19H28IN5S. The number of hydrogen-bond acceptors (Lipinski definition) is 3. The smallest absolute Gasteiger partial charge is 0.193 e. The maximum absolute atomic E-state index is 4.49. The highest BCUT2D eigenvalue weighted by Crippen LogP contribution is 2.21. The monoisotopic (exact) mass is 485 g/mol. The average Bonchev–Trinajstić information content (AvgIpc) is 3.16. The molecule has 1 aromatic carbocycles. The van der Waals surface area contributed by atoms with Crippen molar-refractivity contribution < 1.29 is 0 Å². The fraction of sp³-hybridized carbons (Fsp3) is 0.474. The molecule has 0 spiro atoms. The van der Waals surface area contributed by atoms with E-state index in [-0.39, 0.29) is 24.0 Å². The van der Waals surface area contributed by atoms with Crippen LogP contribution in [0.1, 0.15) is 24.5 Å². The molecule has 1 atom stereocenters. The molecule has 0 aliphatic carbocycles. The van der Waals surface area contributed by atoms with Crippen molar-refractivity contribution in [3.05, 3.63) is 53.9 Å². The van der Waals surface area contributed by atoms with Crippen LogP contribution in [-0.4, -0.2) is 51.8 Å². The molecule has 1 aliphatic rings. The molecular weight excluding hydrogens is 457 g/mol. The van der Waals surface area contributed by atoms with Crippen LogP contribution in [0.5, 0.6) is 0 Å². The van der Waals surface area contributed by atoms with Crippen LogP contribution in [-0.2, 0) is 13.1 Å². The van der Waals surface area contributed by atoms with Crippen molar-refractivity contribution in [2.75, 3.05) is 25.9 Å². The highest BCUT2D eigenvalue weighted by Gasteiger charge is 2.21. The fourth-order valence-electron chi connectivity index (χ4n) is 3.09. The van der Waals surface area contributed by atoms with Gasteiger partial charge in [-0.1, -0.05) is 31.2 Å². The van der Waals surface area contributed by atoms with E-state index < -0.39 is 0 Å². The van der Waals surface area contributed by atoms with E-state index in [9.17, 15) is 0 Å². The van der Waals surface area contributed by atoms with E-state index in [0.717, 1.165) is 32.1 Å². The Morgan fingerprint density at radius 2 is 2.19 bits per heavy atom. The first kappa shape index (κ1) is 21.1. The number of nitrogens with zero attached hydrogens (tertiary/aromatic N) is 4. The minimum Gasteiger partial charge on any atom is -0.352 e. The number of halogens is 1. The molecule has 5 nitrogen and oxygen atoms in total. The van der Waals surface area contributed by atoms with Crippen LogP contribution in [0.4, 0.5) is 0 Å². The summed E-state index contributed by atoms with van der Waals surface area (Å²) >= 11 is 2.08. The first-order valence-electron chi connectivity index (χ1n) is 8.91. The number of benzene rings is 1. The van der Waals surface area contributed by atoms with Crippen molar-refractivity contribution in [1.29, 1.82) is 0 Å². The Morgan fingerprint density at radius 3 is 2.92 bits per heavy atom. The number of thioether (sulfide) groups is 1. The zero-order valence-corrected chi connectivity index (χ0v) is 18.6. The molecule has 142 valence electrons. The zero-order valence-electron chi connectivity index (χ0n) is 15.5. The van der Waals surface area contributed by atoms with Crippen molar-refractivity contribution in [1.82, 2.24) is 20.0 Å². The molecule has 0 amide bonds. The third-order valence-corrected chi connectivity index (χ3v) is 5.82. The third kappa shape index (κ3) is 5.90. The number of aromatic nitrogens is 2. The van der Waals surface area contributed by atoms with Crippen molar-refractivity contribution in [3.63, 3.8) is 0 Å². The summed E-state index contributed by atoms with van der Waals surface area (Å²) in [5.74, 6) is 2.19. The van der Waals surface area contributed by atoms with Gasteiger partial charge in [0.25, 0.3) is 0 Å². The van der Waals surface area contributed by atoms with Gasteiger partial charge in [0.1, 0.15) is 0 Å². The number of nitrogens with one attached hydrogen (secondary N) is 1. The fourth-order valence-corrected chi connectivity index (χ4v) is 4.27. The van der Waals surface area contributed by atoms with Crippen molar-refractivity contribution in [3.8, 4) is 0 Å². The summed E-state index contributed by atoms with van der Waals surface area (Å²) in [6, 6.07) is 10.6. The minimum atomic E-state index is 0. The third-order valence-electron chi connectivity index (χ3n) is 4.45. The van der Waals surface area contributed by atoms with Crippen LogP contribution < -0.4 is 5.32 Å².